The summed E-state index contributed by atoms with van der Waals surface area (Å²) in [5, 5.41) is 0. The number of nitrogens with two attached hydrogens (primary N) is 1. The van der Waals surface area contributed by atoms with E-state index in [1.54, 1.807) is 0 Å². The first kappa shape index (κ1) is 8.93. The molecular weight excluding hydrogens is 251 g/mol. The van der Waals surface area contributed by atoms with Gasteiger partial charge >= 0.3 is 0 Å². The summed E-state index contributed by atoms with van der Waals surface area (Å²) in [7, 11) is 0. The Morgan fingerprint density at radius 1 is 1.64 bits per heavy atom. The molecule has 60 valence electrons. The molecule has 0 amide bonds. The fraction of sp³-hybridized carbons (Fsp3) is 0.375. The van der Waals surface area contributed by atoms with Crippen LogP contribution in [0.2, 0.25) is 0 Å². The molecule has 0 fully saturated rings. The molecule has 0 bridgehead atoms. The van der Waals surface area contributed by atoms with Gasteiger partial charge in [-0.15, -0.1) is 0 Å². The molecule has 0 aliphatic carbocycles. The van der Waals surface area contributed by atoms with Crippen molar-refractivity contribution in [1.82, 2.24) is 4.98 Å². The maximum atomic E-state index is 5.72. The maximum Gasteiger partial charge on any atom is 0.101 e. The SMILES string of the molecule is Cc1cc(I)ncc1[C@H](C)N. The maximum absolute atomic E-state index is 5.72. The van der Waals surface area contributed by atoms with E-state index in [4.69, 9.17) is 5.73 Å². The number of nitrogens with zero attached hydrogens (tertiary/aromatic N) is 1. The highest BCUT2D eigenvalue weighted by Gasteiger charge is 2.03. The molecule has 0 radical (unpaired) electrons. The Morgan fingerprint density at radius 2 is 2.27 bits per heavy atom. The van der Waals surface area contributed by atoms with Crippen LogP contribution in [0.3, 0.4) is 0 Å². The number of halogens is 1. The molecule has 3 heteroatoms. The molecule has 1 atom stereocenters. The van der Waals surface area contributed by atoms with E-state index in [0.29, 0.717) is 0 Å². The summed E-state index contributed by atoms with van der Waals surface area (Å²) in [6.07, 6.45) is 1.85. The molecule has 2 nitrogen and oxygen atoms in total. The van der Waals surface area contributed by atoms with E-state index in [2.05, 4.69) is 34.5 Å². The van der Waals surface area contributed by atoms with Gasteiger partial charge in [0, 0.05) is 12.2 Å². The standard InChI is InChI=1S/C8H11IN2/c1-5-3-8(9)11-4-7(5)6(2)10/h3-4,6H,10H2,1-2H3/t6-/m0/s1. The van der Waals surface area contributed by atoms with Crippen LogP contribution in [-0.2, 0) is 0 Å². The average Bonchev–Trinajstić information content (AvgIpc) is 1.85. The van der Waals surface area contributed by atoms with E-state index in [9.17, 15) is 0 Å². The third-order valence-electron chi connectivity index (χ3n) is 1.61. The van der Waals surface area contributed by atoms with E-state index in [1.165, 1.54) is 5.56 Å². The van der Waals surface area contributed by atoms with E-state index in [0.717, 1.165) is 9.26 Å². The molecule has 0 unspecified atom stereocenters. The molecule has 1 aromatic heterocycles. The van der Waals surface area contributed by atoms with Gasteiger partial charge in [-0.05, 0) is 53.6 Å². The molecule has 0 aliphatic rings. The molecule has 2 N–H and O–H groups in total. The summed E-state index contributed by atoms with van der Waals surface area (Å²) >= 11 is 2.19. The van der Waals surface area contributed by atoms with Crippen molar-refractivity contribution in [3.8, 4) is 0 Å². The van der Waals surface area contributed by atoms with Crippen molar-refractivity contribution >= 4 is 22.6 Å². The fourth-order valence-electron chi connectivity index (χ4n) is 1.01. The lowest BCUT2D eigenvalue weighted by molar-refractivity contribution is 0.801. The molecule has 1 rings (SSSR count). The van der Waals surface area contributed by atoms with Gasteiger partial charge < -0.3 is 5.73 Å². The molecular formula is C8H11IN2. The Labute approximate surface area is 80.3 Å². The van der Waals surface area contributed by atoms with Gasteiger partial charge in [0.05, 0.1) is 0 Å². The van der Waals surface area contributed by atoms with E-state index >= 15 is 0 Å². The summed E-state index contributed by atoms with van der Waals surface area (Å²) in [5.41, 5.74) is 8.07. The van der Waals surface area contributed by atoms with Crippen molar-refractivity contribution in [1.29, 1.82) is 0 Å². The van der Waals surface area contributed by atoms with E-state index in [-0.39, 0.29) is 6.04 Å². The third kappa shape index (κ3) is 2.13. The van der Waals surface area contributed by atoms with Crippen LogP contribution in [0.1, 0.15) is 24.1 Å². The highest BCUT2D eigenvalue weighted by atomic mass is 127. The molecule has 0 aromatic carbocycles. The Balaban J connectivity index is 3.09. The van der Waals surface area contributed by atoms with Gasteiger partial charge in [-0.2, -0.15) is 0 Å². The lowest BCUT2D eigenvalue weighted by Gasteiger charge is -2.08. The Morgan fingerprint density at radius 3 is 2.73 bits per heavy atom. The monoisotopic (exact) mass is 262 g/mol. The van der Waals surface area contributed by atoms with Crippen molar-refractivity contribution in [3.05, 3.63) is 27.1 Å². The average molecular weight is 262 g/mol. The van der Waals surface area contributed by atoms with Gasteiger partial charge in [-0.3, -0.25) is 0 Å². The van der Waals surface area contributed by atoms with E-state index < -0.39 is 0 Å². The van der Waals surface area contributed by atoms with Gasteiger partial charge in [0.1, 0.15) is 3.70 Å². The second-order valence-corrected chi connectivity index (χ2v) is 3.76. The van der Waals surface area contributed by atoms with Gasteiger partial charge in [-0.25, -0.2) is 4.98 Å². The van der Waals surface area contributed by atoms with Crippen LogP contribution in [-0.4, -0.2) is 4.98 Å². The highest BCUT2D eigenvalue weighted by Crippen LogP contribution is 2.15. The normalized spacial score (nSPS) is 13.1. The molecule has 0 saturated heterocycles. The molecule has 0 spiro atoms. The molecule has 11 heavy (non-hydrogen) atoms. The zero-order valence-electron chi connectivity index (χ0n) is 6.63. The summed E-state index contributed by atoms with van der Waals surface area (Å²) in [6.45, 7) is 4.03. The quantitative estimate of drug-likeness (QED) is 0.621. The minimum Gasteiger partial charge on any atom is -0.324 e. The van der Waals surface area contributed by atoms with Crippen LogP contribution in [0.4, 0.5) is 0 Å². The van der Waals surface area contributed by atoms with Crippen LogP contribution < -0.4 is 5.73 Å². The first-order valence-corrected chi connectivity index (χ1v) is 4.56. The number of pyridine rings is 1. The lowest BCUT2D eigenvalue weighted by atomic mass is 10.1. The first-order valence-electron chi connectivity index (χ1n) is 3.49. The van der Waals surface area contributed by atoms with Crippen molar-refractivity contribution in [3.63, 3.8) is 0 Å². The first-order chi connectivity index (χ1) is 5.11. The summed E-state index contributed by atoms with van der Waals surface area (Å²) in [5.74, 6) is 0. The largest absolute Gasteiger partial charge is 0.324 e. The van der Waals surface area contributed by atoms with Crippen LogP contribution in [0.5, 0.6) is 0 Å². The Kier molecular flexibility index (Phi) is 2.84. The molecule has 0 aliphatic heterocycles. The fourth-order valence-corrected chi connectivity index (χ4v) is 1.62. The van der Waals surface area contributed by atoms with Gasteiger partial charge in [0.25, 0.3) is 0 Å². The molecule has 0 saturated carbocycles. The minimum atomic E-state index is 0.0829. The van der Waals surface area contributed by atoms with Gasteiger partial charge in [0.2, 0.25) is 0 Å². The van der Waals surface area contributed by atoms with Crippen molar-refractivity contribution < 1.29 is 0 Å². The Hall–Kier alpha value is -0.160. The lowest BCUT2D eigenvalue weighted by Crippen LogP contribution is -2.07. The zero-order valence-corrected chi connectivity index (χ0v) is 8.79. The highest BCUT2D eigenvalue weighted by molar-refractivity contribution is 14.1. The predicted molar refractivity (Wildman–Crippen MR) is 54.3 cm³/mol. The van der Waals surface area contributed by atoms with E-state index in [1.807, 2.05) is 19.2 Å². The summed E-state index contributed by atoms with van der Waals surface area (Å²) in [6, 6.07) is 2.12. The van der Waals surface area contributed by atoms with Gasteiger partial charge in [-0.1, -0.05) is 0 Å². The number of aryl methyl sites for hydroxylation is 1. The summed E-state index contributed by atoms with van der Waals surface area (Å²) < 4.78 is 1.02. The van der Waals surface area contributed by atoms with Crippen molar-refractivity contribution in [2.24, 2.45) is 5.73 Å². The van der Waals surface area contributed by atoms with Crippen molar-refractivity contribution in [2.75, 3.05) is 0 Å². The second-order valence-electron chi connectivity index (χ2n) is 2.65. The van der Waals surface area contributed by atoms with Gasteiger partial charge in [0.15, 0.2) is 0 Å². The predicted octanol–water partition coefficient (Wildman–Crippen LogP) is 2.01. The Bertz CT molecular complexity index is 258. The minimum absolute atomic E-state index is 0.0829. The van der Waals surface area contributed by atoms with Crippen LogP contribution in [0.25, 0.3) is 0 Å². The van der Waals surface area contributed by atoms with Crippen LogP contribution in [0.15, 0.2) is 12.3 Å². The number of hydrogen-bond acceptors (Lipinski definition) is 2. The number of hydrogen-bond donors (Lipinski definition) is 1. The second kappa shape index (κ2) is 3.49. The molecule has 1 aromatic rings. The van der Waals surface area contributed by atoms with Crippen LogP contribution in [0, 0.1) is 10.6 Å². The van der Waals surface area contributed by atoms with Crippen LogP contribution >= 0.6 is 22.6 Å². The topological polar surface area (TPSA) is 38.9 Å². The smallest absolute Gasteiger partial charge is 0.101 e. The third-order valence-corrected chi connectivity index (χ3v) is 2.20. The number of aromatic nitrogens is 1. The zero-order chi connectivity index (χ0) is 8.43. The number of rotatable bonds is 1. The summed E-state index contributed by atoms with van der Waals surface area (Å²) in [4.78, 5) is 4.17. The van der Waals surface area contributed by atoms with Crippen molar-refractivity contribution in [2.45, 2.75) is 19.9 Å². The molecule has 1 heterocycles.